The molecule has 1 fully saturated rings. The van der Waals surface area contributed by atoms with E-state index >= 15 is 0 Å². The SMILES string of the molecule is Cl.Cl.N#Cc1ccccc1[C@@H](c1cccs1)N1CCNCC1. The predicted molar refractivity (Wildman–Crippen MR) is 96.3 cm³/mol. The number of halogens is 2. The molecule has 2 aromatic rings. The van der Waals surface area contributed by atoms with E-state index in [0.717, 1.165) is 37.3 Å². The summed E-state index contributed by atoms with van der Waals surface area (Å²) in [5.74, 6) is 0. The molecule has 2 heterocycles. The lowest BCUT2D eigenvalue weighted by Gasteiger charge is -2.35. The van der Waals surface area contributed by atoms with Crippen LogP contribution < -0.4 is 5.32 Å². The Bertz CT molecular complexity index is 604. The Morgan fingerprint density at radius 1 is 1.09 bits per heavy atom. The van der Waals surface area contributed by atoms with Crippen molar-refractivity contribution in [3.05, 3.63) is 57.8 Å². The van der Waals surface area contributed by atoms with Crippen molar-refractivity contribution >= 4 is 36.2 Å². The third-order valence-corrected chi connectivity index (χ3v) is 4.63. The van der Waals surface area contributed by atoms with E-state index in [1.165, 1.54) is 4.88 Å². The molecule has 1 aliphatic heterocycles. The number of nitriles is 1. The minimum Gasteiger partial charge on any atom is -0.314 e. The van der Waals surface area contributed by atoms with Crippen LogP contribution >= 0.6 is 36.2 Å². The lowest BCUT2D eigenvalue weighted by Crippen LogP contribution is -2.45. The second-order valence-corrected chi connectivity index (χ2v) is 5.88. The van der Waals surface area contributed by atoms with Gasteiger partial charge in [0.1, 0.15) is 0 Å². The summed E-state index contributed by atoms with van der Waals surface area (Å²) in [5, 5.41) is 14.9. The van der Waals surface area contributed by atoms with Crippen LogP contribution in [-0.2, 0) is 0 Å². The van der Waals surface area contributed by atoms with E-state index in [2.05, 4.69) is 39.9 Å². The number of rotatable bonds is 3. The molecule has 6 heteroatoms. The summed E-state index contributed by atoms with van der Waals surface area (Å²) < 4.78 is 0. The lowest BCUT2D eigenvalue weighted by atomic mass is 9.98. The molecule has 0 bridgehead atoms. The average molecular weight is 356 g/mol. The first-order valence-electron chi connectivity index (χ1n) is 6.87. The molecule has 0 amide bonds. The van der Waals surface area contributed by atoms with Crippen molar-refractivity contribution in [2.24, 2.45) is 0 Å². The van der Waals surface area contributed by atoms with Crippen molar-refractivity contribution in [3.8, 4) is 6.07 Å². The van der Waals surface area contributed by atoms with Crippen LogP contribution in [0.2, 0.25) is 0 Å². The van der Waals surface area contributed by atoms with Gasteiger partial charge >= 0.3 is 0 Å². The van der Waals surface area contributed by atoms with E-state index in [4.69, 9.17) is 0 Å². The van der Waals surface area contributed by atoms with E-state index in [1.807, 2.05) is 18.2 Å². The Labute approximate surface area is 147 Å². The zero-order valence-corrected chi connectivity index (χ0v) is 14.5. The van der Waals surface area contributed by atoms with Crippen LogP contribution in [0.3, 0.4) is 0 Å². The van der Waals surface area contributed by atoms with Gasteiger partial charge in [-0.25, -0.2) is 0 Å². The van der Waals surface area contributed by atoms with Gasteiger partial charge in [0.05, 0.1) is 17.7 Å². The summed E-state index contributed by atoms with van der Waals surface area (Å²) in [6.07, 6.45) is 0. The van der Waals surface area contributed by atoms with Crippen LogP contribution in [-0.4, -0.2) is 31.1 Å². The van der Waals surface area contributed by atoms with Crippen LogP contribution in [0, 0.1) is 11.3 Å². The molecule has 0 unspecified atom stereocenters. The summed E-state index contributed by atoms with van der Waals surface area (Å²) >= 11 is 1.77. The largest absolute Gasteiger partial charge is 0.314 e. The highest BCUT2D eigenvalue weighted by Gasteiger charge is 2.26. The quantitative estimate of drug-likeness (QED) is 0.916. The minimum absolute atomic E-state index is 0. The van der Waals surface area contributed by atoms with Gasteiger partial charge in [0.25, 0.3) is 0 Å². The molecule has 0 radical (unpaired) electrons. The standard InChI is InChI=1S/C16H17N3S.2ClH/c17-12-13-4-1-2-5-14(13)16(15-6-3-11-20-15)19-9-7-18-8-10-19;;/h1-6,11,16,18H,7-10H2;2*1H/t16-;;/m0../s1. The van der Waals surface area contributed by atoms with Gasteiger partial charge in [-0.15, -0.1) is 36.2 Å². The van der Waals surface area contributed by atoms with Crippen molar-refractivity contribution in [3.63, 3.8) is 0 Å². The van der Waals surface area contributed by atoms with Crippen molar-refractivity contribution in [1.82, 2.24) is 10.2 Å². The highest BCUT2D eigenvalue weighted by atomic mass is 35.5. The van der Waals surface area contributed by atoms with Crippen LogP contribution in [0.5, 0.6) is 0 Å². The number of thiophene rings is 1. The van der Waals surface area contributed by atoms with Gasteiger partial charge in [0, 0.05) is 31.1 Å². The second kappa shape index (κ2) is 9.14. The van der Waals surface area contributed by atoms with E-state index in [-0.39, 0.29) is 30.9 Å². The number of nitrogens with one attached hydrogen (secondary N) is 1. The zero-order valence-electron chi connectivity index (χ0n) is 12.1. The number of piperazine rings is 1. The Morgan fingerprint density at radius 2 is 1.82 bits per heavy atom. The first-order valence-corrected chi connectivity index (χ1v) is 7.75. The summed E-state index contributed by atoms with van der Waals surface area (Å²) in [6, 6.07) is 14.8. The van der Waals surface area contributed by atoms with Crippen molar-refractivity contribution in [2.45, 2.75) is 6.04 Å². The van der Waals surface area contributed by atoms with Crippen molar-refractivity contribution < 1.29 is 0 Å². The molecular weight excluding hydrogens is 337 g/mol. The molecular formula is C16H19Cl2N3S. The minimum atomic E-state index is 0. The lowest BCUT2D eigenvalue weighted by molar-refractivity contribution is 0.200. The maximum absolute atomic E-state index is 9.39. The number of hydrogen-bond acceptors (Lipinski definition) is 4. The maximum Gasteiger partial charge on any atom is 0.0995 e. The van der Waals surface area contributed by atoms with E-state index in [1.54, 1.807) is 11.3 Å². The average Bonchev–Trinajstić information content (AvgIpc) is 3.03. The van der Waals surface area contributed by atoms with Crippen LogP contribution in [0.4, 0.5) is 0 Å². The van der Waals surface area contributed by atoms with Crippen LogP contribution in [0.25, 0.3) is 0 Å². The smallest absolute Gasteiger partial charge is 0.0995 e. The molecule has 0 saturated carbocycles. The fourth-order valence-corrected chi connectivity index (χ4v) is 3.63. The topological polar surface area (TPSA) is 39.1 Å². The molecule has 0 aliphatic carbocycles. The van der Waals surface area contributed by atoms with E-state index in [9.17, 15) is 5.26 Å². The first-order chi connectivity index (χ1) is 9.90. The third-order valence-electron chi connectivity index (χ3n) is 3.71. The molecule has 3 rings (SSSR count). The molecule has 22 heavy (non-hydrogen) atoms. The van der Waals surface area contributed by atoms with Gasteiger partial charge in [-0.2, -0.15) is 5.26 Å². The normalized spacial score (nSPS) is 16.0. The summed E-state index contributed by atoms with van der Waals surface area (Å²) in [7, 11) is 0. The van der Waals surface area contributed by atoms with Gasteiger partial charge in [-0.05, 0) is 23.1 Å². The molecule has 1 aromatic heterocycles. The van der Waals surface area contributed by atoms with Gasteiger partial charge < -0.3 is 5.32 Å². The highest BCUT2D eigenvalue weighted by Crippen LogP contribution is 2.33. The molecule has 1 atom stereocenters. The third kappa shape index (κ3) is 4.01. The Hall–Kier alpha value is -1.09. The second-order valence-electron chi connectivity index (χ2n) is 4.90. The maximum atomic E-state index is 9.39. The fourth-order valence-electron chi connectivity index (χ4n) is 2.75. The summed E-state index contributed by atoms with van der Waals surface area (Å²) in [6.45, 7) is 4.05. The Morgan fingerprint density at radius 3 is 2.45 bits per heavy atom. The predicted octanol–water partition coefficient (Wildman–Crippen LogP) is 3.46. The van der Waals surface area contributed by atoms with Gasteiger partial charge in [0.15, 0.2) is 0 Å². The molecule has 1 aliphatic rings. The number of hydrogen-bond donors (Lipinski definition) is 1. The number of nitrogens with zero attached hydrogens (tertiary/aromatic N) is 2. The highest BCUT2D eigenvalue weighted by molar-refractivity contribution is 7.10. The van der Waals surface area contributed by atoms with E-state index in [0.29, 0.717) is 0 Å². The van der Waals surface area contributed by atoms with Crippen molar-refractivity contribution in [2.75, 3.05) is 26.2 Å². The van der Waals surface area contributed by atoms with Crippen LogP contribution in [0.1, 0.15) is 22.0 Å². The van der Waals surface area contributed by atoms with Crippen molar-refractivity contribution in [1.29, 1.82) is 5.26 Å². The molecule has 0 spiro atoms. The molecule has 118 valence electrons. The fraction of sp³-hybridized carbons (Fsp3) is 0.312. The zero-order chi connectivity index (χ0) is 13.8. The molecule has 1 N–H and O–H groups in total. The van der Waals surface area contributed by atoms with Crippen LogP contribution in [0.15, 0.2) is 41.8 Å². The molecule has 1 aromatic carbocycles. The van der Waals surface area contributed by atoms with Gasteiger partial charge in [-0.1, -0.05) is 24.3 Å². The van der Waals surface area contributed by atoms with E-state index < -0.39 is 0 Å². The molecule has 3 nitrogen and oxygen atoms in total. The summed E-state index contributed by atoms with van der Waals surface area (Å²) in [5.41, 5.74) is 1.91. The Balaban J connectivity index is 0.00000121. The first kappa shape index (κ1) is 19.0. The number of benzene rings is 1. The van der Waals surface area contributed by atoms with Gasteiger partial charge in [-0.3, -0.25) is 4.90 Å². The summed E-state index contributed by atoms with van der Waals surface area (Å²) in [4.78, 5) is 3.79. The molecule has 1 saturated heterocycles. The Kier molecular flexibility index (Phi) is 7.88. The monoisotopic (exact) mass is 355 g/mol. The van der Waals surface area contributed by atoms with Gasteiger partial charge in [0.2, 0.25) is 0 Å².